The van der Waals surface area contributed by atoms with Gasteiger partial charge in [0.2, 0.25) is 0 Å². The van der Waals surface area contributed by atoms with E-state index in [1.165, 1.54) is 16.8 Å². The number of hydrogen-bond donors (Lipinski definition) is 2. The van der Waals surface area contributed by atoms with Gasteiger partial charge in [0.15, 0.2) is 0 Å². The van der Waals surface area contributed by atoms with Crippen molar-refractivity contribution in [3.8, 4) is 0 Å². The van der Waals surface area contributed by atoms with Crippen LogP contribution >= 0.6 is 0 Å². The van der Waals surface area contributed by atoms with Gasteiger partial charge < -0.3 is 15.6 Å². The molecule has 96 valence electrons. The molecule has 3 atom stereocenters. The van der Waals surface area contributed by atoms with E-state index in [9.17, 15) is 4.79 Å². The lowest BCUT2D eigenvalue weighted by Gasteiger charge is -2.14. The van der Waals surface area contributed by atoms with Gasteiger partial charge in [-0.05, 0) is 11.6 Å². The predicted molar refractivity (Wildman–Crippen MR) is 61.5 cm³/mol. The van der Waals surface area contributed by atoms with Crippen LogP contribution in [0, 0.1) is 0 Å². The fourth-order valence-corrected chi connectivity index (χ4v) is 1.88. The molecule has 1 unspecified atom stereocenters. The van der Waals surface area contributed by atoms with Crippen LogP contribution in [0.3, 0.4) is 0 Å². The molecule has 1 aromatic heterocycles. The molecule has 1 fully saturated rings. The first-order valence-corrected chi connectivity index (χ1v) is 5.31. The fourth-order valence-electron chi connectivity index (χ4n) is 1.88. The molecule has 2 rings (SSSR count). The summed E-state index contributed by atoms with van der Waals surface area (Å²) < 4.78 is 6.71. The zero-order chi connectivity index (χ0) is 13.1. The monoisotopic (exact) mass is 252 g/mol. The molecule has 9 nitrogen and oxygen atoms in total. The highest BCUT2D eigenvalue weighted by molar-refractivity contribution is 5.23. The highest BCUT2D eigenvalue weighted by Crippen LogP contribution is 2.29. The number of hydrogen-bond acceptors (Lipinski definition) is 6. The summed E-state index contributed by atoms with van der Waals surface area (Å²) in [5.74, 6) is 0.125. The smallest absolute Gasteiger partial charge is 0.351 e. The van der Waals surface area contributed by atoms with E-state index in [4.69, 9.17) is 21.1 Å². The standard InChI is InChI=1S/C9H12N6O3/c10-7-1-2-15(9(17)12-7)8-3-5(13-14-11)6(4-16)18-8/h1-2,5-6,8,16H,3-4H2,(H2,10,12,17)/t5?,6-,8-/m1/s1. The molecule has 1 aliphatic heterocycles. The minimum Gasteiger partial charge on any atom is -0.394 e. The Morgan fingerprint density at radius 2 is 2.56 bits per heavy atom. The average molecular weight is 252 g/mol. The van der Waals surface area contributed by atoms with Gasteiger partial charge in [-0.25, -0.2) is 4.79 Å². The van der Waals surface area contributed by atoms with E-state index in [0.29, 0.717) is 6.42 Å². The van der Waals surface area contributed by atoms with Crippen LogP contribution in [-0.4, -0.2) is 33.4 Å². The number of azide groups is 1. The van der Waals surface area contributed by atoms with Gasteiger partial charge in [-0.1, -0.05) is 5.11 Å². The zero-order valence-electron chi connectivity index (χ0n) is 9.38. The van der Waals surface area contributed by atoms with E-state index in [1.807, 2.05) is 0 Å². The molecule has 1 aromatic rings. The van der Waals surface area contributed by atoms with Gasteiger partial charge in [0.05, 0.1) is 18.8 Å². The maximum atomic E-state index is 11.6. The first kappa shape index (κ1) is 12.4. The van der Waals surface area contributed by atoms with E-state index in [2.05, 4.69) is 15.0 Å². The second-order valence-corrected chi connectivity index (χ2v) is 3.86. The Hall–Kier alpha value is -2.09. The Kier molecular flexibility index (Phi) is 3.47. The van der Waals surface area contributed by atoms with Crippen molar-refractivity contribution in [2.45, 2.75) is 24.8 Å². The topological polar surface area (TPSA) is 139 Å². The second-order valence-electron chi connectivity index (χ2n) is 3.86. The highest BCUT2D eigenvalue weighted by Gasteiger charge is 2.35. The van der Waals surface area contributed by atoms with Crippen LogP contribution in [0.2, 0.25) is 0 Å². The van der Waals surface area contributed by atoms with E-state index < -0.39 is 24.1 Å². The molecular formula is C9H12N6O3. The van der Waals surface area contributed by atoms with Gasteiger partial charge in [-0.3, -0.25) is 4.57 Å². The summed E-state index contributed by atoms with van der Waals surface area (Å²) in [6.07, 6.45) is 0.539. The fraction of sp³-hybridized carbons (Fsp3) is 0.556. The van der Waals surface area contributed by atoms with Crippen molar-refractivity contribution >= 4 is 5.82 Å². The Bertz CT molecular complexity index is 537. The zero-order valence-corrected chi connectivity index (χ0v) is 9.38. The lowest BCUT2D eigenvalue weighted by atomic mass is 10.1. The molecule has 2 heterocycles. The molecule has 9 heteroatoms. The van der Waals surface area contributed by atoms with Crippen molar-refractivity contribution in [2.24, 2.45) is 5.11 Å². The predicted octanol–water partition coefficient (Wildman–Crippen LogP) is -0.216. The summed E-state index contributed by atoms with van der Waals surface area (Å²) in [6.45, 7) is -0.280. The molecular weight excluding hydrogens is 240 g/mol. The number of nitrogens with two attached hydrogens (primary N) is 1. The third-order valence-electron chi connectivity index (χ3n) is 2.75. The first-order chi connectivity index (χ1) is 8.65. The lowest BCUT2D eigenvalue weighted by molar-refractivity contribution is -0.0269. The molecule has 0 bridgehead atoms. The molecule has 0 spiro atoms. The third kappa shape index (κ3) is 2.28. The van der Waals surface area contributed by atoms with Gasteiger partial charge in [0, 0.05) is 17.5 Å². The number of ether oxygens (including phenoxy) is 1. The number of anilines is 1. The molecule has 18 heavy (non-hydrogen) atoms. The largest absolute Gasteiger partial charge is 0.394 e. The summed E-state index contributed by atoms with van der Waals surface area (Å²) in [4.78, 5) is 17.9. The molecule has 1 aliphatic rings. The number of aliphatic hydroxyl groups excluding tert-OH is 1. The van der Waals surface area contributed by atoms with Gasteiger partial charge in [-0.15, -0.1) is 0 Å². The van der Waals surface area contributed by atoms with Crippen molar-refractivity contribution in [1.29, 1.82) is 0 Å². The van der Waals surface area contributed by atoms with Crippen molar-refractivity contribution < 1.29 is 9.84 Å². The summed E-state index contributed by atoms with van der Waals surface area (Å²) in [5.41, 5.74) is 13.3. The number of nitrogen functional groups attached to an aromatic ring is 1. The molecule has 0 radical (unpaired) electrons. The van der Waals surface area contributed by atoms with Gasteiger partial charge >= 0.3 is 5.69 Å². The first-order valence-electron chi connectivity index (χ1n) is 5.31. The second kappa shape index (κ2) is 5.05. The van der Waals surface area contributed by atoms with Gasteiger partial charge in [-0.2, -0.15) is 4.98 Å². The van der Waals surface area contributed by atoms with Crippen molar-refractivity contribution in [1.82, 2.24) is 9.55 Å². The number of nitrogens with zero attached hydrogens (tertiary/aromatic N) is 5. The van der Waals surface area contributed by atoms with Crippen LogP contribution in [0.25, 0.3) is 10.4 Å². The lowest BCUT2D eigenvalue weighted by Crippen LogP contribution is -2.27. The third-order valence-corrected chi connectivity index (χ3v) is 2.75. The molecule has 0 aromatic carbocycles. The molecule has 0 aliphatic carbocycles. The summed E-state index contributed by atoms with van der Waals surface area (Å²) in [6, 6.07) is 0.967. The van der Waals surface area contributed by atoms with Crippen LogP contribution in [0.1, 0.15) is 12.6 Å². The van der Waals surface area contributed by atoms with E-state index in [0.717, 1.165) is 0 Å². The van der Waals surface area contributed by atoms with Crippen LogP contribution in [0.4, 0.5) is 5.82 Å². The van der Waals surface area contributed by atoms with Crippen LogP contribution in [0.5, 0.6) is 0 Å². The Morgan fingerprint density at radius 3 is 3.17 bits per heavy atom. The van der Waals surface area contributed by atoms with E-state index in [1.54, 1.807) is 0 Å². The molecule has 0 amide bonds. The number of rotatable bonds is 3. The summed E-state index contributed by atoms with van der Waals surface area (Å²) in [7, 11) is 0. The van der Waals surface area contributed by atoms with Gasteiger partial charge in [0.1, 0.15) is 12.0 Å². The maximum Gasteiger partial charge on any atom is 0.351 e. The Balaban J connectivity index is 2.25. The number of aromatic nitrogens is 2. The van der Waals surface area contributed by atoms with Crippen molar-refractivity contribution in [2.75, 3.05) is 12.3 Å². The van der Waals surface area contributed by atoms with Crippen LogP contribution in [0.15, 0.2) is 22.2 Å². The van der Waals surface area contributed by atoms with Gasteiger partial charge in [0.25, 0.3) is 0 Å². The molecule has 1 saturated heterocycles. The highest BCUT2D eigenvalue weighted by atomic mass is 16.5. The van der Waals surface area contributed by atoms with Crippen LogP contribution in [-0.2, 0) is 4.74 Å². The van der Waals surface area contributed by atoms with E-state index >= 15 is 0 Å². The Morgan fingerprint density at radius 1 is 1.78 bits per heavy atom. The van der Waals surface area contributed by atoms with Crippen molar-refractivity contribution in [3.05, 3.63) is 33.2 Å². The SMILES string of the molecule is [N-]=[N+]=NC1C[C@H](n2ccc(N)nc2=O)O[C@@H]1CO. The minimum absolute atomic E-state index is 0.125. The van der Waals surface area contributed by atoms with Crippen molar-refractivity contribution in [3.63, 3.8) is 0 Å². The normalized spacial score (nSPS) is 26.8. The number of aliphatic hydroxyl groups is 1. The molecule has 3 N–H and O–H groups in total. The minimum atomic E-state index is -0.615. The molecule has 0 saturated carbocycles. The average Bonchev–Trinajstić information content (AvgIpc) is 2.72. The Labute approximate surface area is 101 Å². The summed E-state index contributed by atoms with van der Waals surface area (Å²) in [5, 5.41) is 12.6. The van der Waals surface area contributed by atoms with Crippen LogP contribution < -0.4 is 11.4 Å². The van der Waals surface area contributed by atoms with E-state index in [-0.39, 0.29) is 12.4 Å². The summed E-state index contributed by atoms with van der Waals surface area (Å²) >= 11 is 0. The maximum absolute atomic E-state index is 11.6. The quantitative estimate of drug-likeness (QED) is 0.435.